The average molecular weight is 187 g/mol. The van der Waals surface area contributed by atoms with Gasteiger partial charge in [0.05, 0.1) is 5.60 Å². The molecule has 0 bridgehead atoms. The van der Waals surface area contributed by atoms with Crippen molar-refractivity contribution in [2.75, 3.05) is 0 Å². The predicted octanol–water partition coefficient (Wildman–Crippen LogP) is 1.19. The molecule has 1 amide bonds. The van der Waals surface area contributed by atoms with Crippen LogP contribution in [0.3, 0.4) is 0 Å². The summed E-state index contributed by atoms with van der Waals surface area (Å²) in [6.45, 7) is 5.54. The Bertz CT molecular complexity index is 223. The van der Waals surface area contributed by atoms with Crippen LogP contribution in [0.25, 0.3) is 0 Å². The standard InChI is InChI=1S/C9H17NO3/c1-8(2)6(10-7(11)12)4-5-9(8,3)13/h6,10,13H,4-5H2,1-3H3,(H,11,12)/t6-,9+/m1/s1. The highest BCUT2D eigenvalue weighted by molar-refractivity contribution is 5.65. The first kappa shape index (κ1) is 10.3. The van der Waals surface area contributed by atoms with E-state index in [-0.39, 0.29) is 6.04 Å². The van der Waals surface area contributed by atoms with Crippen molar-refractivity contribution in [3.63, 3.8) is 0 Å². The fraction of sp³-hybridized carbons (Fsp3) is 0.889. The highest BCUT2D eigenvalue weighted by Crippen LogP contribution is 2.45. The number of carbonyl (C=O) groups is 1. The molecule has 13 heavy (non-hydrogen) atoms. The molecular formula is C9H17NO3. The van der Waals surface area contributed by atoms with Gasteiger partial charge in [-0.15, -0.1) is 0 Å². The average Bonchev–Trinajstić information content (AvgIpc) is 2.11. The lowest BCUT2D eigenvalue weighted by molar-refractivity contribution is -0.0337. The molecular weight excluding hydrogens is 170 g/mol. The molecule has 0 aliphatic heterocycles. The van der Waals surface area contributed by atoms with Gasteiger partial charge in [0.25, 0.3) is 0 Å². The van der Waals surface area contributed by atoms with Crippen molar-refractivity contribution in [1.82, 2.24) is 5.32 Å². The smallest absolute Gasteiger partial charge is 0.404 e. The Morgan fingerprint density at radius 2 is 2.00 bits per heavy atom. The van der Waals surface area contributed by atoms with Crippen LogP contribution in [0.2, 0.25) is 0 Å². The molecule has 76 valence electrons. The number of amides is 1. The number of hydrogen-bond donors (Lipinski definition) is 3. The van der Waals surface area contributed by atoms with Crippen LogP contribution in [-0.2, 0) is 0 Å². The molecule has 0 spiro atoms. The first-order valence-corrected chi connectivity index (χ1v) is 4.49. The van der Waals surface area contributed by atoms with Gasteiger partial charge >= 0.3 is 6.09 Å². The number of hydrogen-bond acceptors (Lipinski definition) is 2. The second-order valence-corrected chi connectivity index (χ2v) is 4.54. The lowest BCUT2D eigenvalue weighted by Gasteiger charge is -2.37. The summed E-state index contributed by atoms with van der Waals surface area (Å²) in [5.74, 6) is 0. The molecule has 4 nitrogen and oxygen atoms in total. The molecule has 0 radical (unpaired) electrons. The van der Waals surface area contributed by atoms with Gasteiger partial charge in [0.15, 0.2) is 0 Å². The Morgan fingerprint density at radius 1 is 1.46 bits per heavy atom. The second kappa shape index (κ2) is 2.87. The van der Waals surface area contributed by atoms with Gasteiger partial charge in [-0.2, -0.15) is 0 Å². The zero-order valence-corrected chi connectivity index (χ0v) is 8.29. The normalized spacial score (nSPS) is 37.4. The van der Waals surface area contributed by atoms with Crippen LogP contribution in [0.15, 0.2) is 0 Å². The first-order chi connectivity index (χ1) is 5.77. The summed E-state index contributed by atoms with van der Waals surface area (Å²) in [5.41, 5.74) is -1.18. The van der Waals surface area contributed by atoms with E-state index in [1.54, 1.807) is 6.92 Å². The van der Waals surface area contributed by atoms with Crippen LogP contribution < -0.4 is 5.32 Å². The molecule has 0 heterocycles. The SMILES string of the molecule is CC1(C)[C@H](NC(=O)O)CC[C@]1(C)O. The van der Waals surface area contributed by atoms with Crippen LogP contribution in [0.5, 0.6) is 0 Å². The van der Waals surface area contributed by atoms with Gasteiger partial charge in [0.1, 0.15) is 0 Å². The lowest BCUT2D eigenvalue weighted by atomic mass is 9.77. The van der Waals surface area contributed by atoms with E-state index in [9.17, 15) is 9.90 Å². The molecule has 1 aliphatic rings. The highest BCUT2D eigenvalue weighted by atomic mass is 16.4. The first-order valence-electron chi connectivity index (χ1n) is 4.49. The summed E-state index contributed by atoms with van der Waals surface area (Å²) in [7, 11) is 0. The van der Waals surface area contributed by atoms with E-state index in [1.165, 1.54) is 0 Å². The third kappa shape index (κ3) is 1.63. The van der Waals surface area contributed by atoms with Gasteiger partial charge in [0, 0.05) is 11.5 Å². The number of carboxylic acid groups (broad SMARTS) is 1. The summed E-state index contributed by atoms with van der Waals surface area (Å²) >= 11 is 0. The molecule has 0 aromatic rings. The Kier molecular flexibility index (Phi) is 2.28. The van der Waals surface area contributed by atoms with Crippen LogP contribution >= 0.6 is 0 Å². The maximum atomic E-state index is 10.5. The minimum Gasteiger partial charge on any atom is -0.465 e. The van der Waals surface area contributed by atoms with Gasteiger partial charge < -0.3 is 15.5 Å². The third-order valence-corrected chi connectivity index (χ3v) is 3.48. The van der Waals surface area contributed by atoms with Crippen molar-refractivity contribution < 1.29 is 15.0 Å². The molecule has 1 saturated carbocycles. The monoisotopic (exact) mass is 187 g/mol. The van der Waals surface area contributed by atoms with Gasteiger partial charge in [0.2, 0.25) is 0 Å². The molecule has 1 fully saturated rings. The van der Waals surface area contributed by atoms with Crippen molar-refractivity contribution >= 4 is 6.09 Å². The fourth-order valence-corrected chi connectivity index (χ4v) is 1.89. The molecule has 0 saturated heterocycles. The predicted molar refractivity (Wildman–Crippen MR) is 48.6 cm³/mol. The molecule has 1 aliphatic carbocycles. The number of aliphatic hydroxyl groups is 1. The molecule has 4 heteroatoms. The molecule has 2 atom stereocenters. The van der Waals surface area contributed by atoms with E-state index in [4.69, 9.17) is 5.11 Å². The van der Waals surface area contributed by atoms with Crippen molar-refractivity contribution in [3.05, 3.63) is 0 Å². The van der Waals surface area contributed by atoms with E-state index in [1.807, 2.05) is 13.8 Å². The number of rotatable bonds is 1. The van der Waals surface area contributed by atoms with Crippen LogP contribution in [-0.4, -0.2) is 27.9 Å². The van der Waals surface area contributed by atoms with Crippen molar-refractivity contribution in [1.29, 1.82) is 0 Å². The quantitative estimate of drug-likeness (QED) is 0.577. The third-order valence-electron chi connectivity index (χ3n) is 3.48. The van der Waals surface area contributed by atoms with Gasteiger partial charge in [-0.3, -0.25) is 0 Å². The minimum absolute atomic E-state index is 0.153. The fourth-order valence-electron chi connectivity index (χ4n) is 1.89. The second-order valence-electron chi connectivity index (χ2n) is 4.54. The molecule has 0 aromatic heterocycles. The van der Waals surface area contributed by atoms with E-state index >= 15 is 0 Å². The summed E-state index contributed by atoms with van der Waals surface area (Å²) in [4.78, 5) is 10.5. The Hall–Kier alpha value is -0.770. The minimum atomic E-state index is -1.02. The highest BCUT2D eigenvalue weighted by Gasteiger charge is 2.51. The Balaban J connectivity index is 2.76. The molecule has 0 aromatic carbocycles. The molecule has 0 unspecified atom stereocenters. The van der Waals surface area contributed by atoms with E-state index in [0.717, 1.165) is 0 Å². The van der Waals surface area contributed by atoms with Crippen LogP contribution in [0.1, 0.15) is 33.6 Å². The summed E-state index contributed by atoms with van der Waals surface area (Å²) in [5, 5.41) is 21.0. The van der Waals surface area contributed by atoms with Crippen LogP contribution in [0.4, 0.5) is 4.79 Å². The lowest BCUT2D eigenvalue weighted by Crippen LogP contribution is -2.49. The van der Waals surface area contributed by atoms with E-state index < -0.39 is 17.1 Å². The molecule has 3 N–H and O–H groups in total. The summed E-state index contributed by atoms with van der Waals surface area (Å²) < 4.78 is 0. The number of nitrogens with one attached hydrogen (secondary N) is 1. The van der Waals surface area contributed by atoms with Gasteiger partial charge in [-0.1, -0.05) is 13.8 Å². The Morgan fingerprint density at radius 3 is 2.31 bits per heavy atom. The maximum Gasteiger partial charge on any atom is 0.404 e. The topological polar surface area (TPSA) is 69.6 Å². The summed E-state index contributed by atoms with van der Waals surface area (Å²) in [6, 6.07) is -0.153. The molecule has 1 rings (SSSR count). The van der Waals surface area contributed by atoms with Gasteiger partial charge in [-0.25, -0.2) is 4.79 Å². The largest absolute Gasteiger partial charge is 0.465 e. The maximum absolute atomic E-state index is 10.5. The van der Waals surface area contributed by atoms with E-state index in [2.05, 4.69) is 5.32 Å². The Labute approximate surface area is 78.0 Å². The van der Waals surface area contributed by atoms with Crippen molar-refractivity contribution in [2.45, 2.75) is 45.3 Å². The summed E-state index contributed by atoms with van der Waals surface area (Å²) in [6.07, 6.45) is 0.327. The zero-order chi connectivity index (χ0) is 10.3. The van der Waals surface area contributed by atoms with Crippen molar-refractivity contribution in [3.8, 4) is 0 Å². The van der Waals surface area contributed by atoms with Crippen molar-refractivity contribution in [2.24, 2.45) is 5.41 Å². The van der Waals surface area contributed by atoms with Gasteiger partial charge in [-0.05, 0) is 19.8 Å². The zero-order valence-electron chi connectivity index (χ0n) is 8.29. The van der Waals surface area contributed by atoms with E-state index in [0.29, 0.717) is 12.8 Å². The van der Waals surface area contributed by atoms with Crippen LogP contribution in [0, 0.1) is 5.41 Å².